The molecular weight excluding hydrogens is 236 g/mol. The largest absolute Gasteiger partial charge is 0.398 e. The fraction of sp³-hybridized carbons (Fsp3) is 0.188. The monoisotopic (exact) mass is 256 g/mol. The van der Waals surface area contributed by atoms with E-state index in [1.807, 2.05) is 49.4 Å². The molecule has 0 saturated carbocycles. The van der Waals surface area contributed by atoms with Crippen LogP contribution in [0.2, 0.25) is 0 Å². The van der Waals surface area contributed by atoms with Crippen LogP contribution in [0.5, 0.6) is 0 Å². The predicted octanol–water partition coefficient (Wildman–Crippen LogP) is 3.40. The number of amides is 1. The number of hydrogen-bond donors (Lipinski definition) is 2. The van der Waals surface area contributed by atoms with Crippen molar-refractivity contribution in [1.82, 2.24) is 5.32 Å². The predicted molar refractivity (Wildman–Crippen MR) is 79.9 cm³/mol. The van der Waals surface area contributed by atoms with E-state index in [0.29, 0.717) is 11.3 Å². The van der Waals surface area contributed by atoms with Crippen molar-refractivity contribution in [3.8, 4) is 0 Å². The first-order valence-corrected chi connectivity index (χ1v) is 6.42. The van der Waals surface area contributed by atoms with E-state index in [2.05, 4.69) is 5.32 Å². The second-order valence-electron chi connectivity index (χ2n) is 4.43. The highest BCUT2D eigenvalue weighted by Gasteiger charge is 2.15. The van der Waals surface area contributed by atoms with Gasteiger partial charge in [0.25, 0.3) is 5.91 Å². The molecule has 2 aromatic carbocycles. The number of nitrogen functional groups attached to an aromatic ring is 1. The van der Waals surface area contributed by atoms with E-state index in [1.165, 1.54) is 0 Å². The summed E-state index contributed by atoms with van der Waals surface area (Å²) in [6.45, 7) is 2.05. The molecule has 3 N–H and O–H groups in total. The van der Waals surface area contributed by atoms with Gasteiger partial charge in [-0.15, -0.1) is 0 Å². The van der Waals surface area contributed by atoms with Crippen LogP contribution < -0.4 is 11.1 Å². The SMILES string of the molecule is CC[C@H](NC(=O)c1ccccc1N)c1ccccc1.[HH]. The van der Waals surface area contributed by atoms with Crippen molar-refractivity contribution in [2.45, 2.75) is 19.4 Å². The van der Waals surface area contributed by atoms with Gasteiger partial charge in [0.05, 0.1) is 11.6 Å². The summed E-state index contributed by atoms with van der Waals surface area (Å²) in [6, 6.07) is 17.1. The maximum atomic E-state index is 12.2. The Hall–Kier alpha value is -2.29. The highest BCUT2D eigenvalue weighted by molar-refractivity contribution is 5.99. The van der Waals surface area contributed by atoms with Crippen molar-refractivity contribution in [2.24, 2.45) is 0 Å². The van der Waals surface area contributed by atoms with E-state index in [9.17, 15) is 4.79 Å². The molecule has 2 rings (SSSR count). The van der Waals surface area contributed by atoms with Crippen LogP contribution in [0.15, 0.2) is 54.6 Å². The number of carbonyl (C=O) groups is 1. The molecule has 0 bridgehead atoms. The van der Waals surface area contributed by atoms with E-state index >= 15 is 0 Å². The first-order chi connectivity index (χ1) is 9.22. The molecule has 0 aliphatic rings. The van der Waals surface area contributed by atoms with Crippen molar-refractivity contribution in [3.63, 3.8) is 0 Å². The zero-order chi connectivity index (χ0) is 13.7. The summed E-state index contributed by atoms with van der Waals surface area (Å²) in [6.07, 6.45) is 0.836. The summed E-state index contributed by atoms with van der Waals surface area (Å²) >= 11 is 0. The lowest BCUT2D eigenvalue weighted by Crippen LogP contribution is -2.28. The molecule has 2 aromatic rings. The van der Waals surface area contributed by atoms with Crippen LogP contribution >= 0.6 is 0 Å². The molecule has 19 heavy (non-hydrogen) atoms. The van der Waals surface area contributed by atoms with Crippen LogP contribution in [-0.2, 0) is 0 Å². The van der Waals surface area contributed by atoms with Gasteiger partial charge in [0.2, 0.25) is 0 Å². The van der Waals surface area contributed by atoms with Crippen LogP contribution in [0.3, 0.4) is 0 Å². The maximum absolute atomic E-state index is 12.2. The Labute approximate surface area is 114 Å². The normalized spacial score (nSPS) is 11.8. The molecule has 0 fully saturated rings. The minimum atomic E-state index is -0.131. The third-order valence-electron chi connectivity index (χ3n) is 3.12. The Kier molecular flexibility index (Phi) is 4.18. The number of anilines is 1. The molecule has 0 heterocycles. The van der Waals surface area contributed by atoms with Crippen molar-refractivity contribution in [1.29, 1.82) is 0 Å². The number of benzene rings is 2. The Morgan fingerprint density at radius 3 is 2.42 bits per heavy atom. The first kappa shape index (κ1) is 13.1. The number of hydrogen-bond acceptors (Lipinski definition) is 2. The molecule has 3 nitrogen and oxygen atoms in total. The van der Waals surface area contributed by atoms with E-state index < -0.39 is 0 Å². The van der Waals surface area contributed by atoms with Crippen LogP contribution in [0.1, 0.15) is 36.7 Å². The van der Waals surface area contributed by atoms with E-state index in [0.717, 1.165) is 12.0 Å². The molecular formula is C16H20N2O. The van der Waals surface area contributed by atoms with Gasteiger partial charge in [-0.25, -0.2) is 0 Å². The van der Waals surface area contributed by atoms with Crippen LogP contribution in [0.25, 0.3) is 0 Å². The van der Waals surface area contributed by atoms with Gasteiger partial charge in [0.15, 0.2) is 0 Å². The molecule has 1 amide bonds. The molecule has 100 valence electrons. The molecule has 0 aliphatic heterocycles. The van der Waals surface area contributed by atoms with Gasteiger partial charge in [0, 0.05) is 7.11 Å². The molecule has 0 aromatic heterocycles. The van der Waals surface area contributed by atoms with E-state index in [1.54, 1.807) is 12.1 Å². The molecule has 1 atom stereocenters. The lowest BCUT2D eigenvalue weighted by Gasteiger charge is -2.18. The maximum Gasteiger partial charge on any atom is 0.253 e. The Morgan fingerprint density at radius 1 is 1.16 bits per heavy atom. The average molecular weight is 256 g/mol. The number of nitrogens with two attached hydrogens (primary N) is 1. The summed E-state index contributed by atoms with van der Waals surface area (Å²) in [7, 11) is 0. The van der Waals surface area contributed by atoms with Crippen molar-refractivity contribution in [3.05, 3.63) is 65.7 Å². The molecule has 0 spiro atoms. The summed E-state index contributed by atoms with van der Waals surface area (Å²) in [5.74, 6) is -0.131. The minimum Gasteiger partial charge on any atom is -0.398 e. The van der Waals surface area contributed by atoms with Gasteiger partial charge in [-0.05, 0) is 24.1 Å². The molecule has 0 radical (unpaired) electrons. The second kappa shape index (κ2) is 6.05. The van der Waals surface area contributed by atoms with Gasteiger partial charge in [-0.1, -0.05) is 49.4 Å². The van der Waals surface area contributed by atoms with Crippen molar-refractivity contribution in [2.75, 3.05) is 5.73 Å². The van der Waals surface area contributed by atoms with E-state index in [-0.39, 0.29) is 13.4 Å². The quantitative estimate of drug-likeness (QED) is 0.824. The van der Waals surface area contributed by atoms with Crippen molar-refractivity contribution < 1.29 is 6.22 Å². The smallest absolute Gasteiger partial charge is 0.253 e. The Balaban J connectivity index is 0.00000200. The first-order valence-electron chi connectivity index (χ1n) is 6.42. The molecule has 0 saturated heterocycles. The topological polar surface area (TPSA) is 55.1 Å². The van der Waals surface area contributed by atoms with E-state index in [4.69, 9.17) is 5.73 Å². The summed E-state index contributed by atoms with van der Waals surface area (Å²) < 4.78 is 0. The minimum absolute atomic E-state index is 0. The average Bonchev–Trinajstić information content (AvgIpc) is 2.46. The standard InChI is InChI=1S/C16H18N2O.H2/c1-2-15(12-8-4-3-5-9-12)18-16(19)13-10-6-7-11-14(13)17;/h3-11,15H,2,17H2,1H3,(H,18,19);1H/t15-;/m0./s1. The number of nitrogens with one attached hydrogen (secondary N) is 1. The highest BCUT2D eigenvalue weighted by Crippen LogP contribution is 2.18. The zero-order valence-corrected chi connectivity index (χ0v) is 11.0. The van der Waals surface area contributed by atoms with Crippen LogP contribution in [-0.4, -0.2) is 5.91 Å². The zero-order valence-electron chi connectivity index (χ0n) is 11.0. The van der Waals surface area contributed by atoms with Crippen molar-refractivity contribution >= 4 is 11.6 Å². The molecule has 0 unspecified atom stereocenters. The van der Waals surface area contributed by atoms with Crippen LogP contribution in [0, 0.1) is 0 Å². The number of para-hydroxylation sites is 1. The lowest BCUT2D eigenvalue weighted by atomic mass is 10.0. The fourth-order valence-corrected chi connectivity index (χ4v) is 2.05. The van der Waals surface area contributed by atoms with Gasteiger partial charge < -0.3 is 11.1 Å². The Morgan fingerprint density at radius 2 is 1.79 bits per heavy atom. The third-order valence-corrected chi connectivity index (χ3v) is 3.12. The summed E-state index contributed by atoms with van der Waals surface area (Å²) in [5, 5.41) is 3.02. The lowest BCUT2D eigenvalue weighted by molar-refractivity contribution is 0.0936. The molecule has 0 aliphatic carbocycles. The number of rotatable bonds is 4. The third kappa shape index (κ3) is 3.13. The fourth-order valence-electron chi connectivity index (χ4n) is 2.05. The van der Waals surface area contributed by atoms with Gasteiger partial charge in [0.1, 0.15) is 0 Å². The number of carbonyl (C=O) groups excluding carboxylic acids is 1. The van der Waals surface area contributed by atoms with Gasteiger partial charge in [-0.2, -0.15) is 0 Å². The summed E-state index contributed by atoms with van der Waals surface area (Å²) in [4.78, 5) is 12.2. The second-order valence-corrected chi connectivity index (χ2v) is 4.43. The Bertz CT molecular complexity index is 557. The van der Waals surface area contributed by atoms with Crippen LogP contribution in [0.4, 0.5) is 5.69 Å². The summed E-state index contributed by atoms with van der Waals surface area (Å²) in [5.41, 5.74) is 7.95. The molecule has 3 heteroatoms. The highest BCUT2D eigenvalue weighted by atomic mass is 16.1. The van der Waals surface area contributed by atoms with Gasteiger partial charge >= 0.3 is 0 Å². The van der Waals surface area contributed by atoms with Gasteiger partial charge in [-0.3, -0.25) is 4.79 Å².